The van der Waals surface area contributed by atoms with E-state index in [4.69, 9.17) is 16.3 Å². The molecule has 1 aromatic carbocycles. The lowest BCUT2D eigenvalue weighted by atomic mass is 10.2. The predicted molar refractivity (Wildman–Crippen MR) is 74.2 cm³/mol. The summed E-state index contributed by atoms with van der Waals surface area (Å²) < 4.78 is 5.11. The van der Waals surface area contributed by atoms with Gasteiger partial charge in [-0.25, -0.2) is 0 Å². The van der Waals surface area contributed by atoms with Crippen molar-refractivity contribution in [1.29, 1.82) is 0 Å². The summed E-state index contributed by atoms with van der Waals surface area (Å²) in [6.07, 6.45) is 4.46. The summed E-state index contributed by atoms with van der Waals surface area (Å²) in [6, 6.07) is 7.47. The summed E-state index contributed by atoms with van der Waals surface area (Å²) in [5, 5.41) is 0.655. The third-order valence-corrected chi connectivity index (χ3v) is 2.66. The predicted octanol–water partition coefficient (Wildman–Crippen LogP) is 4.59. The van der Waals surface area contributed by atoms with E-state index in [1.54, 1.807) is 6.08 Å². The Kier molecular flexibility index (Phi) is 6.27. The fourth-order valence-corrected chi connectivity index (χ4v) is 1.60. The minimum Gasteiger partial charge on any atom is -0.423 e. The average Bonchev–Trinajstić information content (AvgIpc) is 2.34. The molecule has 2 nitrogen and oxygen atoms in total. The van der Waals surface area contributed by atoms with Crippen LogP contribution in [0.15, 0.2) is 35.8 Å². The van der Waals surface area contributed by atoms with Gasteiger partial charge >= 0.3 is 5.97 Å². The van der Waals surface area contributed by atoms with Gasteiger partial charge < -0.3 is 4.74 Å². The smallest absolute Gasteiger partial charge is 0.308 e. The van der Waals surface area contributed by atoms with E-state index in [1.807, 2.05) is 24.3 Å². The molecule has 0 radical (unpaired) electrons. The molecule has 0 aliphatic rings. The standard InChI is InChI=1S/C15H17ClO2/c1-3-4-8-14(18-12(2)17)11-10-13-7-5-6-9-15(13)16/h5-7,9-10H,3-4,8H2,1-2H3. The molecule has 0 saturated carbocycles. The molecular weight excluding hydrogens is 248 g/mol. The zero-order valence-electron chi connectivity index (χ0n) is 10.7. The second-order valence-corrected chi connectivity index (χ2v) is 4.34. The van der Waals surface area contributed by atoms with Crippen LogP contribution in [-0.2, 0) is 9.53 Å². The van der Waals surface area contributed by atoms with Crippen LogP contribution in [0.4, 0.5) is 0 Å². The Labute approximate surface area is 113 Å². The number of hydrogen-bond acceptors (Lipinski definition) is 2. The molecule has 0 spiro atoms. The third kappa shape index (κ3) is 5.22. The number of carbonyl (C=O) groups is 1. The number of allylic oxidation sites excluding steroid dienone is 1. The van der Waals surface area contributed by atoms with Gasteiger partial charge in [0, 0.05) is 23.9 Å². The van der Waals surface area contributed by atoms with Gasteiger partial charge in [-0.2, -0.15) is 0 Å². The molecule has 0 aromatic heterocycles. The van der Waals surface area contributed by atoms with Crippen molar-refractivity contribution in [3.8, 4) is 0 Å². The molecule has 0 atom stereocenters. The number of esters is 1. The normalized spacial score (nSPS) is 9.50. The first-order valence-electron chi connectivity index (χ1n) is 6.02. The summed E-state index contributed by atoms with van der Waals surface area (Å²) in [7, 11) is 0. The fourth-order valence-electron chi connectivity index (χ4n) is 1.41. The topological polar surface area (TPSA) is 26.3 Å². The second kappa shape index (κ2) is 7.75. The molecule has 0 heterocycles. The Morgan fingerprint density at radius 3 is 2.78 bits per heavy atom. The Bertz CT molecular complexity index is 471. The molecule has 0 bridgehead atoms. The molecule has 3 heteroatoms. The lowest BCUT2D eigenvalue weighted by Gasteiger charge is -2.03. The van der Waals surface area contributed by atoms with Crippen LogP contribution in [-0.4, -0.2) is 5.97 Å². The Morgan fingerprint density at radius 2 is 2.17 bits per heavy atom. The highest BCUT2D eigenvalue weighted by molar-refractivity contribution is 6.32. The van der Waals surface area contributed by atoms with E-state index in [9.17, 15) is 4.79 Å². The van der Waals surface area contributed by atoms with Gasteiger partial charge in [-0.05, 0) is 18.6 Å². The number of halogens is 1. The molecule has 1 aromatic rings. The van der Waals surface area contributed by atoms with Gasteiger partial charge in [0.25, 0.3) is 0 Å². The van der Waals surface area contributed by atoms with Crippen LogP contribution in [0.25, 0.3) is 6.08 Å². The number of rotatable bonds is 5. The van der Waals surface area contributed by atoms with Gasteiger partial charge in [-0.15, -0.1) is 0 Å². The molecule has 0 aliphatic carbocycles. The first-order chi connectivity index (χ1) is 8.63. The first-order valence-corrected chi connectivity index (χ1v) is 6.39. The maximum Gasteiger partial charge on any atom is 0.308 e. The zero-order chi connectivity index (χ0) is 13.4. The highest BCUT2D eigenvalue weighted by Crippen LogP contribution is 2.17. The Morgan fingerprint density at radius 1 is 1.44 bits per heavy atom. The molecular formula is C15H17ClO2. The summed E-state index contributed by atoms with van der Waals surface area (Å²) >= 11 is 6.03. The van der Waals surface area contributed by atoms with Crippen LogP contribution in [0.3, 0.4) is 0 Å². The number of hydrogen-bond donors (Lipinski definition) is 0. The summed E-state index contributed by atoms with van der Waals surface area (Å²) in [5.41, 5.74) is 3.87. The minimum atomic E-state index is -0.318. The van der Waals surface area contributed by atoms with E-state index < -0.39 is 0 Å². The number of unbranched alkanes of at least 4 members (excludes halogenated alkanes) is 1. The number of carbonyl (C=O) groups excluding carboxylic acids is 1. The van der Waals surface area contributed by atoms with E-state index in [-0.39, 0.29) is 5.97 Å². The van der Waals surface area contributed by atoms with Gasteiger partial charge in [0.15, 0.2) is 0 Å². The monoisotopic (exact) mass is 264 g/mol. The molecule has 96 valence electrons. The largest absolute Gasteiger partial charge is 0.423 e. The van der Waals surface area contributed by atoms with Crippen molar-refractivity contribution < 1.29 is 9.53 Å². The van der Waals surface area contributed by atoms with E-state index in [2.05, 4.69) is 12.7 Å². The lowest BCUT2D eigenvalue weighted by Crippen LogP contribution is -1.98. The van der Waals surface area contributed by atoms with Crippen LogP contribution in [0.5, 0.6) is 0 Å². The molecule has 1 rings (SSSR count). The van der Waals surface area contributed by atoms with E-state index >= 15 is 0 Å². The molecule has 0 saturated heterocycles. The molecule has 0 fully saturated rings. The quantitative estimate of drug-likeness (QED) is 0.442. The van der Waals surface area contributed by atoms with Crippen molar-refractivity contribution in [2.75, 3.05) is 0 Å². The van der Waals surface area contributed by atoms with Crippen LogP contribution < -0.4 is 0 Å². The second-order valence-electron chi connectivity index (χ2n) is 3.93. The van der Waals surface area contributed by atoms with Gasteiger partial charge in [-0.3, -0.25) is 4.79 Å². The van der Waals surface area contributed by atoms with Gasteiger partial charge in [0.05, 0.1) is 0 Å². The number of benzene rings is 1. The van der Waals surface area contributed by atoms with Crippen LogP contribution in [0.2, 0.25) is 5.02 Å². The number of ether oxygens (including phenoxy) is 1. The van der Waals surface area contributed by atoms with Gasteiger partial charge in [0.2, 0.25) is 0 Å². The lowest BCUT2D eigenvalue weighted by molar-refractivity contribution is -0.137. The maximum atomic E-state index is 11.0. The maximum absolute atomic E-state index is 11.0. The fraction of sp³-hybridized carbons (Fsp3) is 0.333. The highest BCUT2D eigenvalue weighted by Gasteiger charge is 2.01. The van der Waals surface area contributed by atoms with E-state index in [0.29, 0.717) is 17.2 Å². The van der Waals surface area contributed by atoms with E-state index in [1.165, 1.54) is 6.92 Å². The van der Waals surface area contributed by atoms with Crippen LogP contribution in [0.1, 0.15) is 38.7 Å². The third-order valence-electron chi connectivity index (χ3n) is 2.32. The van der Waals surface area contributed by atoms with E-state index in [0.717, 1.165) is 18.4 Å². The van der Waals surface area contributed by atoms with Crippen LogP contribution >= 0.6 is 11.6 Å². The van der Waals surface area contributed by atoms with Crippen LogP contribution in [0, 0.1) is 0 Å². The average molecular weight is 265 g/mol. The van der Waals surface area contributed by atoms with Crippen molar-refractivity contribution in [1.82, 2.24) is 0 Å². The minimum absolute atomic E-state index is 0.318. The first kappa shape index (κ1) is 14.6. The Balaban J connectivity index is 2.92. The molecule has 0 amide bonds. The van der Waals surface area contributed by atoms with Crippen molar-refractivity contribution in [3.05, 3.63) is 46.3 Å². The summed E-state index contributed by atoms with van der Waals surface area (Å²) in [5.74, 6) is 0.241. The Hall–Kier alpha value is -1.50. The van der Waals surface area contributed by atoms with Crippen molar-refractivity contribution in [2.24, 2.45) is 0 Å². The highest BCUT2D eigenvalue weighted by atomic mass is 35.5. The van der Waals surface area contributed by atoms with Crippen molar-refractivity contribution in [2.45, 2.75) is 33.1 Å². The summed E-state index contributed by atoms with van der Waals surface area (Å²) in [4.78, 5) is 11.0. The SMILES string of the molecule is CCCCC(=C=Cc1ccccc1Cl)OC(C)=O. The molecule has 0 N–H and O–H groups in total. The zero-order valence-corrected chi connectivity index (χ0v) is 11.5. The van der Waals surface area contributed by atoms with Crippen molar-refractivity contribution in [3.63, 3.8) is 0 Å². The molecule has 0 unspecified atom stereocenters. The molecule has 0 aliphatic heterocycles. The molecule has 18 heavy (non-hydrogen) atoms. The van der Waals surface area contributed by atoms with Crippen molar-refractivity contribution >= 4 is 23.6 Å². The summed E-state index contributed by atoms with van der Waals surface area (Å²) in [6.45, 7) is 3.48. The van der Waals surface area contributed by atoms with Gasteiger partial charge in [0.1, 0.15) is 5.76 Å². The van der Waals surface area contributed by atoms with Gasteiger partial charge in [-0.1, -0.05) is 48.9 Å².